The molecule has 0 aromatic carbocycles. The number of hydrogen-bond donors (Lipinski definition) is 0. The van der Waals surface area contributed by atoms with E-state index in [1.165, 1.54) is 0 Å². The largest absolute Gasteiger partial charge is 0.324 e. The van der Waals surface area contributed by atoms with E-state index in [1.54, 1.807) is 19.5 Å². The van der Waals surface area contributed by atoms with Crippen LogP contribution < -0.4 is 0 Å². The number of pyridine rings is 1. The molecule has 1 aromatic heterocycles. The van der Waals surface area contributed by atoms with Crippen LogP contribution in [0.4, 0.5) is 0 Å². The molecule has 60 valence electrons. The number of rotatable bonds is 2. The van der Waals surface area contributed by atoms with Crippen LogP contribution in [-0.2, 0) is 10.7 Å². The Balaban J connectivity index is 2.74. The number of hydrogen-bond acceptors (Lipinski definition) is 2. The maximum absolute atomic E-state index is 11.3. The van der Waals surface area contributed by atoms with Crippen LogP contribution in [0, 0.1) is 0 Å². The lowest BCUT2D eigenvalue weighted by atomic mass is 10.4. The SMILES string of the molecule is CP(C)(=O)Cc1ccccn1. The first-order chi connectivity index (χ1) is 5.08. The fourth-order valence-electron chi connectivity index (χ4n) is 0.882. The maximum atomic E-state index is 11.3. The highest BCUT2D eigenvalue weighted by molar-refractivity contribution is 7.61. The second-order valence-corrected chi connectivity index (χ2v) is 6.52. The minimum absolute atomic E-state index is 0.605. The lowest BCUT2D eigenvalue weighted by Gasteiger charge is -2.03. The Labute approximate surface area is 67.0 Å². The summed E-state index contributed by atoms with van der Waals surface area (Å²) in [6, 6.07) is 5.68. The molecule has 0 amide bonds. The van der Waals surface area contributed by atoms with Gasteiger partial charge < -0.3 is 4.57 Å². The van der Waals surface area contributed by atoms with Gasteiger partial charge in [0, 0.05) is 18.1 Å². The van der Waals surface area contributed by atoms with Gasteiger partial charge >= 0.3 is 0 Å². The molecule has 2 nitrogen and oxygen atoms in total. The molecule has 1 aromatic rings. The van der Waals surface area contributed by atoms with Crippen molar-refractivity contribution in [3.63, 3.8) is 0 Å². The van der Waals surface area contributed by atoms with Crippen LogP contribution in [-0.4, -0.2) is 18.3 Å². The monoisotopic (exact) mass is 169 g/mol. The van der Waals surface area contributed by atoms with Crippen molar-refractivity contribution in [1.29, 1.82) is 0 Å². The molecule has 1 heterocycles. The Morgan fingerprint density at radius 1 is 1.45 bits per heavy atom. The standard InChI is InChI=1S/C8H12NOP/c1-11(2,10)7-8-5-3-4-6-9-8/h3-6H,7H2,1-2H3. The smallest absolute Gasteiger partial charge is 0.0876 e. The van der Waals surface area contributed by atoms with E-state index >= 15 is 0 Å². The van der Waals surface area contributed by atoms with Crippen LogP contribution in [0.1, 0.15) is 5.69 Å². The average Bonchev–Trinajstić information content (AvgIpc) is 1.85. The molecule has 0 aliphatic rings. The molecule has 0 bridgehead atoms. The fourth-order valence-corrected chi connectivity index (χ4v) is 1.85. The van der Waals surface area contributed by atoms with Crippen LogP contribution in [0.2, 0.25) is 0 Å². The van der Waals surface area contributed by atoms with E-state index in [4.69, 9.17) is 0 Å². The molecule has 0 fully saturated rings. The summed E-state index contributed by atoms with van der Waals surface area (Å²) in [6.45, 7) is 3.56. The molecule has 0 N–H and O–H groups in total. The maximum Gasteiger partial charge on any atom is 0.0876 e. The van der Waals surface area contributed by atoms with Gasteiger partial charge in [-0.25, -0.2) is 0 Å². The fraction of sp³-hybridized carbons (Fsp3) is 0.375. The van der Waals surface area contributed by atoms with Crippen LogP contribution in [0.3, 0.4) is 0 Å². The van der Waals surface area contributed by atoms with Crippen LogP contribution in [0.15, 0.2) is 24.4 Å². The van der Waals surface area contributed by atoms with Crippen molar-refractivity contribution in [3.05, 3.63) is 30.1 Å². The molecule has 0 spiro atoms. The summed E-state index contributed by atoms with van der Waals surface area (Å²) in [4.78, 5) is 4.09. The van der Waals surface area contributed by atoms with E-state index in [9.17, 15) is 4.57 Å². The summed E-state index contributed by atoms with van der Waals surface area (Å²) in [7, 11) is -1.95. The van der Waals surface area contributed by atoms with Crippen LogP contribution in [0.5, 0.6) is 0 Å². The van der Waals surface area contributed by atoms with Gasteiger partial charge in [-0.3, -0.25) is 4.98 Å². The van der Waals surface area contributed by atoms with Gasteiger partial charge in [-0.15, -0.1) is 0 Å². The van der Waals surface area contributed by atoms with Gasteiger partial charge in [0.05, 0.1) is 7.14 Å². The molecule has 0 atom stereocenters. The molecule has 11 heavy (non-hydrogen) atoms. The highest BCUT2D eigenvalue weighted by Crippen LogP contribution is 2.39. The highest BCUT2D eigenvalue weighted by atomic mass is 31.2. The topological polar surface area (TPSA) is 30.0 Å². The summed E-state index contributed by atoms with van der Waals surface area (Å²) in [5.41, 5.74) is 0.917. The Kier molecular flexibility index (Phi) is 2.45. The van der Waals surface area contributed by atoms with Gasteiger partial charge in [0.25, 0.3) is 0 Å². The van der Waals surface area contributed by atoms with Gasteiger partial charge in [0.15, 0.2) is 0 Å². The van der Waals surface area contributed by atoms with Crippen molar-refractivity contribution in [2.45, 2.75) is 6.16 Å². The zero-order chi connectivity index (χ0) is 8.32. The Morgan fingerprint density at radius 3 is 2.64 bits per heavy atom. The summed E-state index contributed by atoms with van der Waals surface area (Å²) in [6.07, 6.45) is 2.33. The third-order valence-corrected chi connectivity index (χ3v) is 2.35. The van der Waals surface area contributed by atoms with Gasteiger partial charge in [-0.05, 0) is 25.5 Å². The first-order valence-corrected chi connectivity index (χ1v) is 6.30. The second-order valence-electron chi connectivity index (χ2n) is 3.05. The van der Waals surface area contributed by atoms with E-state index < -0.39 is 7.14 Å². The van der Waals surface area contributed by atoms with Crippen molar-refractivity contribution >= 4 is 7.14 Å². The van der Waals surface area contributed by atoms with E-state index in [0.717, 1.165) is 5.69 Å². The van der Waals surface area contributed by atoms with Crippen LogP contribution in [0.25, 0.3) is 0 Å². The van der Waals surface area contributed by atoms with Crippen LogP contribution >= 0.6 is 7.14 Å². The lowest BCUT2D eigenvalue weighted by Crippen LogP contribution is -1.88. The molecule has 0 unspecified atom stereocenters. The Bertz CT molecular complexity index is 265. The normalized spacial score (nSPS) is 11.5. The first-order valence-electron chi connectivity index (χ1n) is 3.52. The highest BCUT2D eigenvalue weighted by Gasteiger charge is 2.07. The molecule has 1 rings (SSSR count). The van der Waals surface area contributed by atoms with Gasteiger partial charge in [-0.1, -0.05) is 6.07 Å². The summed E-state index contributed by atoms with van der Waals surface area (Å²) in [5.74, 6) is 0. The Hall–Kier alpha value is -0.620. The predicted molar refractivity (Wildman–Crippen MR) is 47.4 cm³/mol. The molecule has 0 radical (unpaired) electrons. The molecule has 3 heteroatoms. The molecular weight excluding hydrogens is 157 g/mol. The van der Waals surface area contributed by atoms with Crippen molar-refractivity contribution in [3.8, 4) is 0 Å². The third-order valence-electron chi connectivity index (χ3n) is 1.27. The quantitative estimate of drug-likeness (QED) is 0.635. The molecule has 0 saturated carbocycles. The third kappa shape index (κ3) is 3.33. The minimum Gasteiger partial charge on any atom is -0.324 e. The molecular formula is C8H12NOP. The van der Waals surface area contributed by atoms with E-state index in [2.05, 4.69) is 4.98 Å². The number of aromatic nitrogens is 1. The van der Waals surface area contributed by atoms with Crippen molar-refractivity contribution in [1.82, 2.24) is 4.98 Å². The van der Waals surface area contributed by atoms with Gasteiger partial charge in [0.2, 0.25) is 0 Å². The van der Waals surface area contributed by atoms with Crippen molar-refractivity contribution < 1.29 is 4.57 Å². The zero-order valence-corrected chi connectivity index (χ0v) is 7.71. The lowest BCUT2D eigenvalue weighted by molar-refractivity contribution is 0.581. The van der Waals surface area contributed by atoms with E-state index in [1.807, 2.05) is 18.2 Å². The predicted octanol–water partition coefficient (Wildman–Crippen LogP) is 2.20. The summed E-state index contributed by atoms with van der Waals surface area (Å²) in [5, 5.41) is 0. The second kappa shape index (κ2) is 3.19. The van der Waals surface area contributed by atoms with Gasteiger partial charge in [0.1, 0.15) is 0 Å². The average molecular weight is 169 g/mol. The minimum atomic E-state index is -1.95. The molecule has 0 aliphatic carbocycles. The molecule has 0 saturated heterocycles. The van der Waals surface area contributed by atoms with Gasteiger partial charge in [-0.2, -0.15) is 0 Å². The number of nitrogens with zero attached hydrogens (tertiary/aromatic N) is 1. The summed E-state index contributed by atoms with van der Waals surface area (Å²) < 4.78 is 11.3. The van der Waals surface area contributed by atoms with Crippen molar-refractivity contribution in [2.24, 2.45) is 0 Å². The van der Waals surface area contributed by atoms with E-state index in [-0.39, 0.29) is 0 Å². The molecule has 0 aliphatic heterocycles. The zero-order valence-electron chi connectivity index (χ0n) is 6.82. The van der Waals surface area contributed by atoms with Crippen molar-refractivity contribution in [2.75, 3.05) is 13.3 Å². The van der Waals surface area contributed by atoms with E-state index in [0.29, 0.717) is 6.16 Å². The first kappa shape index (κ1) is 8.48. The summed E-state index contributed by atoms with van der Waals surface area (Å²) >= 11 is 0. The Morgan fingerprint density at radius 2 is 2.18 bits per heavy atom.